The number of methoxy groups -OCH3 is 1. The number of benzene rings is 1. The summed E-state index contributed by atoms with van der Waals surface area (Å²) in [5, 5.41) is 9.92. The SMILES string of the molecule is COc1ccc(Cl)cc1C(c1cccc(C)n1)N1CCC(C(=O)O)CC1. The van der Waals surface area contributed by atoms with E-state index in [1.54, 1.807) is 13.2 Å². The summed E-state index contributed by atoms with van der Waals surface area (Å²) in [7, 11) is 1.64. The molecule has 1 fully saturated rings. The van der Waals surface area contributed by atoms with Gasteiger partial charge in [0.05, 0.1) is 24.8 Å². The highest BCUT2D eigenvalue weighted by Crippen LogP contribution is 2.37. The number of piperidine rings is 1. The van der Waals surface area contributed by atoms with Crippen LogP contribution in [0.1, 0.15) is 35.8 Å². The fourth-order valence-electron chi connectivity index (χ4n) is 3.58. The van der Waals surface area contributed by atoms with Crippen LogP contribution in [0.3, 0.4) is 0 Å². The van der Waals surface area contributed by atoms with Crippen molar-refractivity contribution in [3.05, 3.63) is 58.4 Å². The fraction of sp³-hybridized carbons (Fsp3) is 0.400. The van der Waals surface area contributed by atoms with Gasteiger partial charge < -0.3 is 9.84 Å². The van der Waals surface area contributed by atoms with Gasteiger partial charge in [-0.3, -0.25) is 14.7 Å². The van der Waals surface area contributed by atoms with E-state index in [1.807, 2.05) is 37.3 Å². The Hall–Kier alpha value is -2.11. The first kappa shape index (κ1) is 18.7. The molecule has 138 valence electrons. The minimum absolute atomic E-state index is 0.127. The molecule has 1 atom stereocenters. The molecule has 2 heterocycles. The molecule has 1 unspecified atom stereocenters. The number of halogens is 1. The number of carboxylic acids is 1. The van der Waals surface area contributed by atoms with Gasteiger partial charge in [-0.15, -0.1) is 0 Å². The van der Waals surface area contributed by atoms with Crippen LogP contribution in [0.5, 0.6) is 5.75 Å². The Morgan fingerprint density at radius 2 is 2.04 bits per heavy atom. The molecule has 1 aliphatic rings. The monoisotopic (exact) mass is 374 g/mol. The Bertz CT molecular complexity index is 788. The summed E-state index contributed by atoms with van der Waals surface area (Å²) >= 11 is 6.27. The van der Waals surface area contributed by atoms with Gasteiger partial charge in [0.2, 0.25) is 0 Å². The molecule has 0 spiro atoms. The summed E-state index contributed by atoms with van der Waals surface area (Å²) in [4.78, 5) is 18.3. The van der Waals surface area contributed by atoms with Gasteiger partial charge in [0, 0.05) is 16.3 Å². The lowest BCUT2D eigenvalue weighted by Gasteiger charge is -2.37. The van der Waals surface area contributed by atoms with Crippen molar-refractivity contribution in [2.75, 3.05) is 20.2 Å². The molecule has 1 saturated heterocycles. The van der Waals surface area contributed by atoms with Crippen LogP contribution in [0, 0.1) is 12.8 Å². The van der Waals surface area contributed by atoms with E-state index in [9.17, 15) is 9.90 Å². The lowest BCUT2D eigenvalue weighted by molar-refractivity contribution is -0.143. The molecule has 0 bridgehead atoms. The number of aliphatic carboxylic acids is 1. The zero-order valence-corrected chi connectivity index (χ0v) is 15.7. The van der Waals surface area contributed by atoms with Gasteiger partial charge in [-0.1, -0.05) is 17.7 Å². The molecule has 2 aromatic rings. The molecule has 6 heteroatoms. The number of carboxylic acid groups (broad SMARTS) is 1. The minimum Gasteiger partial charge on any atom is -0.496 e. The van der Waals surface area contributed by atoms with Gasteiger partial charge >= 0.3 is 5.97 Å². The van der Waals surface area contributed by atoms with E-state index in [4.69, 9.17) is 21.3 Å². The molecule has 0 radical (unpaired) electrons. The first-order chi connectivity index (χ1) is 12.5. The highest BCUT2D eigenvalue weighted by Gasteiger charge is 2.32. The Balaban J connectivity index is 2.01. The third kappa shape index (κ3) is 4.00. The van der Waals surface area contributed by atoms with Crippen LogP contribution in [0.4, 0.5) is 0 Å². The highest BCUT2D eigenvalue weighted by atomic mass is 35.5. The average Bonchev–Trinajstić information content (AvgIpc) is 2.63. The quantitative estimate of drug-likeness (QED) is 0.858. The molecule has 1 aromatic carbocycles. The molecular formula is C20H23ClN2O3. The summed E-state index contributed by atoms with van der Waals surface area (Å²) in [5.41, 5.74) is 2.81. The second-order valence-electron chi connectivity index (χ2n) is 6.64. The van der Waals surface area contributed by atoms with E-state index in [1.165, 1.54) is 0 Å². The molecule has 0 saturated carbocycles. The summed E-state index contributed by atoms with van der Waals surface area (Å²) < 4.78 is 5.58. The Labute approximate surface area is 158 Å². The third-order valence-electron chi connectivity index (χ3n) is 4.92. The number of carbonyl (C=O) groups is 1. The molecule has 0 amide bonds. The Morgan fingerprint density at radius 3 is 2.65 bits per heavy atom. The highest BCUT2D eigenvalue weighted by molar-refractivity contribution is 6.30. The second-order valence-corrected chi connectivity index (χ2v) is 7.08. The third-order valence-corrected chi connectivity index (χ3v) is 5.16. The normalized spacial score (nSPS) is 17.0. The number of hydrogen-bond acceptors (Lipinski definition) is 4. The van der Waals surface area contributed by atoms with Crippen LogP contribution in [0.2, 0.25) is 5.02 Å². The predicted molar refractivity (Wildman–Crippen MR) is 101 cm³/mol. The zero-order chi connectivity index (χ0) is 18.7. The second kappa shape index (κ2) is 8.06. The van der Waals surface area contributed by atoms with Crippen molar-refractivity contribution in [3.8, 4) is 5.75 Å². The van der Waals surface area contributed by atoms with Gasteiger partial charge in [0.15, 0.2) is 0 Å². The largest absolute Gasteiger partial charge is 0.496 e. The van der Waals surface area contributed by atoms with Crippen LogP contribution in [0.25, 0.3) is 0 Å². The van der Waals surface area contributed by atoms with Gasteiger partial charge in [-0.2, -0.15) is 0 Å². The maximum Gasteiger partial charge on any atom is 0.306 e. The minimum atomic E-state index is -0.713. The number of pyridine rings is 1. The molecule has 1 aliphatic heterocycles. The summed E-state index contributed by atoms with van der Waals surface area (Å²) in [6.07, 6.45) is 1.25. The number of aromatic nitrogens is 1. The lowest BCUT2D eigenvalue weighted by atomic mass is 9.92. The van der Waals surface area contributed by atoms with Crippen molar-refractivity contribution in [1.29, 1.82) is 0 Å². The number of likely N-dealkylation sites (tertiary alicyclic amines) is 1. The van der Waals surface area contributed by atoms with Gasteiger partial charge in [0.25, 0.3) is 0 Å². The smallest absolute Gasteiger partial charge is 0.306 e. The average molecular weight is 375 g/mol. The van der Waals surface area contributed by atoms with E-state index in [0.29, 0.717) is 31.0 Å². The van der Waals surface area contributed by atoms with Gasteiger partial charge in [-0.05, 0) is 63.2 Å². The molecule has 1 N–H and O–H groups in total. The van der Waals surface area contributed by atoms with Crippen LogP contribution in [0.15, 0.2) is 36.4 Å². The molecule has 26 heavy (non-hydrogen) atoms. The maximum absolute atomic E-state index is 11.3. The molecule has 1 aromatic heterocycles. The van der Waals surface area contributed by atoms with Crippen molar-refractivity contribution >= 4 is 17.6 Å². The molecule has 3 rings (SSSR count). The van der Waals surface area contributed by atoms with Crippen LogP contribution in [-0.2, 0) is 4.79 Å². The van der Waals surface area contributed by atoms with Crippen molar-refractivity contribution in [2.24, 2.45) is 5.92 Å². The number of aryl methyl sites for hydroxylation is 1. The van der Waals surface area contributed by atoms with E-state index in [0.717, 1.165) is 22.7 Å². The van der Waals surface area contributed by atoms with Crippen LogP contribution < -0.4 is 4.74 Å². The van der Waals surface area contributed by atoms with Crippen molar-refractivity contribution < 1.29 is 14.6 Å². The predicted octanol–water partition coefficient (Wildman–Crippen LogP) is 3.94. The van der Waals surface area contributed by atoms with E-state index < -0.39 is 5.97 Å². The van der Waals surface area contributed by atoms with Crippen LogP contribution in [-0.4, -0.2) is 41.2 Å². The first-order valence-corrected chi connectivity index (χ1v) is 9.11. The number of ether oxygens (including phenoxy) is 1. The van der Waals surface area contributed by atoms with Crippen molar-refractivity contribution in [3.63, 3.8) is 0 Å². The first-order valence-electron chi connectivity index (χ1n) is 8.73. The Kier molecular flexibility index (Phi) is 5.79. The van der Waals surface area contributed by atoms with Gasteiger partial charge in [-0.25, -0.2) is 0 Å². The number of hydrogen-bond donors (Lipinski definition) is 1. The Morgan fingerprint density at radius 1 is 1.31 bits per heavy atom. The maximum atomic E-state index is 11.3. The molecule has 0 aliphatic carbocycles. The van der Waals surface area contributed by atoms with Crippen LogP contribution >= 0.6 is 11.6 Å². The molecule has 5 nitrogen and oxygen atoms in total. The van der Waals surface area contributed by atoms with Crippen molar-refractivity contribution in [2.45, 2.75) is 25.8 Å². The van der Waals surface area contributed by atoms with Crippen molar-refractivity contribution in [1.82, 2.24) is 9.88 Å². The van der Waals surface area contributed by atoms with Gasteiger partial charge in [0.1, 0.15) is 5.75 Å². The van der Waals surface area contributed by atoms with E-state index >= 15 is 0 Å². The standard InChI is InChI=1S/C20H23ClN2O3/c1-13-4-3-5-17(22-13)19(16-12-15(21)6-7-18(16)26-2)23-10-8-14(9-11-23)20(24)25/h3-7,12,14,19H,8-11H2,1-2H3,(H,24,25). The topological polar surface area (TPSA) is 62.7 Å². The number of nitrogens with zero attached hydrogens (tertiary/aromatic N) is 2. The number of rotatable bonds is 5. The summed E-state index contributed by atoms with van der Waals surface area (Å²) in [5.74, 6) is -0.239. The van der Waals surface area contributed by atoms with E-state index in [-0.39, 0.29) is 12.0 Å². The zero-order valence-electron chi connectivity index (χ0n) is 15.0. The lowest BCUT2D eigenvalue weighted by Crippen LogP contribution is -2.39. The fourth-order valence-corrected chi connectivity index (χ4v) is 3.76. The summed E-state index contributed by atoms with van der Waals surface area (Å²) in [6.45, 7) is 3.34. The van der Waals surface area contributed by atoms with E-state index in [2.05, 4.69) is 4.90 Å². The molecular weight excluding hydrogens is 352 g/mol. The summed E-state index contributed by atoms with van der Waals surface area (Å²) in [6, 6.07) is 11.4.